The summed E-state index contributed by atoms with van der Waals surface area (Å²) < 4.78 is 27.9. The third kappa shape index (κ3) is 3.54. The number of carbonyl (C=O) groups is 2. The normalized spacial score (nSPS) is 10.4. The first-order valence-electron chi connectivity index (χ1n) is 5.57. The number of benzene rings is 1. The van der Waals surface area contributed by atoms with Gasteiger partial charge < -0.3 is 10.4 Å². The van der Waals surface area contributed by atoms with Crippen molar-refractivity contribution in [1.82, 2.24) is 9.78 Å². The van der Waals surface area contributed by atoms with Crippen LogP contribution in [0.1, 0.15) is 10.4 Å². The molecule has 0 saturated carbocycles. The van der Waals surface area contributed by atoms with Crippen LogP contribution in [0.4, 0.5) is 14.5 Å². The van der Waals surface area contributed by atoms with Crippen molar-refractivity contribution in [2.24, 2.45) is 0 Å². The highest BCUT2D eigenvalue weighted by molar-refractivity contribution is 6.30. The standard InChI is InChI=1S/C12H8ClF2N3O3/c13-8-2-9(14)7(1-10(8)15)12(21)17-6-3-16-18(4-6)5-11(19)20/h1-4H,5H2,(H,17,21)(H,19,20). The molecule has 0 fully saturated rings. The number of anilines is 1. The van der Waals surface area contributed by atoms with E-state index in [0.29, 0.717) is 12.1 Å². The van der Waals surface area contributed by atoms with Gasteiger partial charge in [-0.3, -0.25) is 14.3 Å². The van der Waals surface area contributed by atoms with Crippen LogP contribution in [0.5, 0.6) is 0 Å². The molecule has 1 amide bonds. The molecule has 0 unspecified atom stereocenters. The summed E-state index contributed by atoms with van der Waals surface area (Å²) in [6.07, 6.45) is 2.43. The molecule has 0 atom stereocenters. The average Bonchev–Trinajstić information content (AvgIpc) is 2.80. The molecule has 0 bridgehead atoms. The second kappa shape index (κ2) is 5.88. The molecule has 2 N–H and O–H groups in total. The first-order valence-corrected chi connectivity index (χ1v) is 5.94. The molecular weight excluding hydrogens is 308 g/mol. The van der Waals surface area contributed by atoms with Crippen molar-refractivity contribution in [3.63, 3.8) is 0 Å². The minimum absolute atomic E-state index is 0.149. The molecule has 21 heavy (non-hydrogen) atoms. The minimum atomic E-state index is -1.11. The van der Waals surface area contributed by atoms with Gasteiger partial charge in [-0.15, -0.1) is 0 Å². The van der Waals surface area contributed by atoms with E-state index < -0.39 is 34.1 Å². The smallest absolute Gasteiger partial charge is 0.325 e. The summed E-state index contributed by atoms with van der Waals surface area (Å²) in [7, 11) is 0. The van der Waals surface area contributed by atoms with Crippen molar-refractivity contribution in [2.45, 2.75) is 6.54 Å². The zero-order valence-electron chi connectivity index (χ0n) is 10.3. The fraction of sp³-hybridized carbons (Fsp3) is 0.0833. The lowest BCUT2D eigenvalue weighted by Gasteiger charge is -2.05. The Morgan fingerprint density at radius 2 is 2.05 bits per heavy atom. The van der Waals surface area contributed by atoms with E-state index in [1.165, 1.54) is 12.4 Å². The molecule has 0 aliphatic rings. The number of carboxylic acids is 1. The van der Waals surface area contributed by atoms with Crippen LogP contribution in [-0.4, -0.2) is 26.8 Å². The summed E-state index contributed by atoms with van der Waals surface area (Å²) in [5, 5.41) is 14.1. The number of aromatic nitrogens is 2. The molecule has 2 rings (SSSR count). The summed E-state index contributed by atoms with van der Waals surface area (Å²) in [5.74, 6) is -3.92. The maximum atomic E-state index is 13.6. The Labute approximate surface area is 121 Å². The Balaban J connectivity index is 2.16. The third-order valence-corrected chi connectivity index (χ3v) is 2.73. The molecule has 0 spiro atoms. The van der Waals surface area contributed by atoms with Gasteiger partial charge in [0.2, 0.25) is 0 Å². The molecule has 1 heterocycles. The van der Waals surface area contributed by atoms with Gasteiger partial charge in [0.1, 0.15) is 18.2 Å². The first-order chi connectivity index (χ1) is 9.86. The zero-order chi connectivity index (χ0) is 15.6. The van der Waals surface area contributed by atoms with Crippen molar-refractivity contribution >= 4 is 29.2 Å². The van der Waals surface area contributed by atoms with Crippen LogP contribution in [-0.2, 0) is 11.3 Å². The Kier molecular flexibility index (Phi) is 4.18. The van der Waals surface area contributed by atoms with E-state index in [9.17, 15) is 18.4 Å². The molecule has 6 nitrogen and oxygen atoms in total. The predicted molar refractivity (Wildman–Crippen MR) is 69.2 cm³/mol. The molecule has 1 aromatic heterocycles. The van der Waals surface area contributed by atoms with Crippen molar-refractivity contribution < 1.29 is 23.5 Å². The van der Waals surface area contributed by atoms with E-state index in [1.807, 2.05) is 0 Å². The van der Waals surface area contributed by atoms with Gasteiger partial charge in [0.15, 0.2) is 0 Å². The maximum Gasteiger partial charge on any atom is 0.325 e. The van der Waals surface area contributed by atoms with Crippen LogP contribution >= 0.6 is 11.6 Å². The predicted octanol–water partition coefficient (Wildman–Crippen LogP) is 2.15. The van der Waals surface area contributed by atoms with Crippen LogP contribution in [0, 0.1) is 11.6 Å². The number of hydrogen-bond acceptors (Lipinski definition) is 3. The van der Waals surface area contributed by atoms with Crippen LogP contribution in [0.25, 0.3) is 0 Å². The summed E-state index contributed by atoms with van der Waals surface area (Å²) in [6.45, 7) is -0.389. The molecule has 0 radical (unpaired) electrons. The van der Waals surface area contributed by atoms with E-state index in [0.717, 1.165) is 4.68 Å². The first kappa shape index (κ1) is 14.9. The molecule has 110 valence electrons. The maximum absolute atomic E-state index is 13.6. The second-order valence-corrected chi connectivity index (χ2v) is 4.43. The van der Waals surface area contributed by atoms with Gasteiger partial charge in [-0.25, -0.2) is 8.78 Å². The van der Waals surface area contributed by atoms with Gasteiger partial charge in [0.25, 0.3) is 5.91 Å². The molecule has 0 aliphatic carbocycles. The highest BCUT2D eigenvalue weighted by atomic mass is 35.5. The molecule has 2 aromatic rings. The fourth-order valence-corrected chi connectivity index (χ4v) is 1.70. The van der Waals surface area contributed by atoms with Crippen LogP contribution < -0.4 is 5.32 Å². The van der Waals surface area contributed by atoms with Crippen LogP contribution in [0.3, 0.4) is 0 Å². The van der Waals surface area contributed by atoms with Crippen molar-refractivity contribution in [3.8, 4) is 0 Å². The number of aliphatic carboxylic acids is 1. The van der Waals surface area contributed by atoms with Gasteiger partial charge in [0.05, 0.1) is 22.5 Å². The minimum Gasteiger partial charge on any atom is -0.480 e. The third-order valence-electron chi connectivity index (χ3n) is 2.44. The average molecular weight is 316 g/mol. The molecule has 1 aromatic carbocycles. The van der Waals surface area contributed by atoms with Gasteiger partial charge in [-0.2, -0.15) is 5.10 Å². The number of nitrogens with zero attached hydrogens (tertiary/aromatic N) is 2. The van der Waals surface area contributed by atoms with Crippen LogP contribution in [0.2, 0.25) is 5.02 Å². The van der Waals surface area contributed by atoms with Crippen molar-refractivity contribution in [3.05, 3.63) is 46.7 Å². The van der Waals surface area contributed by atoms with E-state index >= 15 is 0 Å². The van der Waals surface area contributed by atoms with E-state index in [2.05, 4.69) is 10.4 Å². The zero-order valence-corrected chi connectivity index (χ0v) is 11.1. The Morgan fingerprint density at radius 3 is 2.71 bits per heavy atom. The molecule has 0 aliphatic heterocycles. The molecular formula is C12H8ClF2N3O3. The Hall–Kier alpha value is -2.48. The van der Waals surface area contributed by atoms with Gasteiger partial charge >= 0.3 is 5.97 Å². The van der Waals surface area contributed by atoms with E-state index in [1.54, 1.807) is 0 Å². The van der Waals surface area contributed by atoms with Gasteiger partial charge in [0, 0.05) is 6.20 Å². The van der Waals surface area contributed by atoms with Crippen LogP contribution in [0.15, 0.2) is 24.5 Å². The van der Waals surface area contributed by atoms with Crippen molar-refractivity contribution in [2.75, 3.05) is 5.32 Å². The van der Waals surface area contributed by atoms with Gasteiger partial charge in [-0.05, 0) is 12.1 Å². The fourth-order valence-electron chi connectivity index (χ4n) is 1.55. The lowest BCUT2D eigenvalue weighted by molar-refractivity contribution is -0.137. The highest BCUT2D eigenvalue weighted by Crippen LogP contribution is 2.20. The lowest BCUT2D eigenvalue weighted by Crippen LogP contribution is -2.14. The monoisotopic (exact) mass is 315 g/mol. The topological polar surface area (TPSA) is 84.2 Å². The SMILES string of the molecule is O=C(O)Cn1cc(NC(=O)c2cc(F)c(Cl)cc2F)cn1. The second-order valence-electron chi connectivity index (χ2n) is 4.02. The summed E-state index contributed by atoms with van der Waals surface area (Å²) in [4.78, 5) is 22.3. The number of halogens is 3. The number of carboxylic acid groups (broad SMARTS) is 1. The van der Waals surface area contributed by atoms with Gasteiger partial charge in [-0.1, -0.05) is 11.6 Å². The summed E-state index contributed by atoms with van der Waals surface area (Å²) in [6, 6.07) is 1.37. The molecule has 9 heteroatoms. The number of nitrogens with one attached hydrogen (secondary N) is 1. The number of hydrogen-bond donors (Lipinski definition) is 2. The summed E-state index contributed by atoms with van der Waals surface area (Å²) >= 11 is 5.39. The number of carbonyl (C=O) groups excluding carboxylic acids is 1. The van der Waals surface area contributed by atoms with E-state index in [-0.39, 0.29) is 12.2 Å². The van der Waals surface area contributed by atoms with E-state index in [4.69, 9.17) is 16.7 Å². The molecule has 0 saturated heterocycles. The quantitative estimate of drug-likeness (QED) is 0.847. The largest absolute Gasteiger partial charge is 0.480 e. The summed E-state index contributed by atoms with van der Waals surface area (Å²) in [5.41, 5.74) is -0.376. The number of amides is 1. The Morgan fingerprint density at radius 1 is 1.33 bits per heavy atom. The highest BCUT2D eigenvalue weighted by Gasteiger charge is 2.16. The van der Waals surface area contributed by atoms with Crippen molar-refractivity contribution in [1.29, 1.82) is 0 Å². The lowest BCUT2D eigenvalue weighted by atomic mass is 10.2. The Bertz CT molecular complexity index is 718. The number of rotatable bonds is 4.